The Labute approximate surface area is 144 Å². The predicted octanol–water partition coefficient (Wildman–Crippen LogP) is 3.06. The average Bonchev–Trinajstić information content (AvgIpc) is 2.99. The number of amides is 1. The number of benzene rings is 2. The van der Waals surface area contributed by atoms with E-state index in [1.165, 1.54) is 6.33 Å². The smallest absolute Gasteiger partial charge is 0.297 e. The van der Waals surface area contributed by atoms with E-state index in [2.05, 4.69) is 10.3 Å². The minimum Gasteiger partial charge on any atom is -0.448 e. The predicted molar refractivity (Wildman–Crippen MR) is 90.8 cm³/mol. The van der Waals surface area contributed by atoms with Crippen LogP contribution in [0.25, 0.3) is 22.1 Å². The highest BCUT2D eigenvalue weighted by molar-refractivity contribution is 6.01. The lowest BCUT2D eigenvalue weighted by Crippen LogP contribution is -2.27. The van der Waals surface area contributed by atoms with Crippen LogP contribution >= 0.6 is 0 Å². The van der Waals surface area contributed by atoms with Crippen LogP contribution in [0.2, 0.25) is 0 Å². The lowest BCUT2D eigenvalue weighted by Gasteiger charge is -2.07. The summed E-state index contributed by atoms with van der Waals surface area (Å²) >= 11 is 0. The number of hydrogen-bond donors (Lipinski definition) is 1. The zero-order valence-corrected chi connectivity index (χ0v) is 13.2. The van der Waals surface area contributed by atoms with E-state index in [9.17, 15) is 18.4 Å². The largest absolute Gasteiger partial charge is 0.448 e. The minimum atomic E-state index is -0.906. The molecule has 2 heterocycles. The number of halogens is 2. The number of fused-ring (bicyclic) bond motifs is 3. The molecule has 0 fully saturated rings. The summed E-state index contributed by atoms with van der Waals surface area (Å²) in [6, 6.07) is 9.85. The Morgan fingerprint density at radius 3 is 2.81 bits per heavy atom. The van der Waals surface area contributed by atoms with Crippen molar-refractivity contribution in [3.05, 3.63) is 70.8 Å². The first kappa shape index (κ1) is 15.9. The van der Waals surface area contributed by atoms with Crippen molar-refractivity contribution in [2.45, 2.75) is 6.54 Å². The van der Waals surface area contributed by atoms with Gasteiger partial charge in [-0.15, -0.1) is 0 Å². The Morgan fingerprint density at radius 2 is 2.00 bits per heavy atom. The number of hydrogen-bond acceptors (Lipinski definition) is 4. The maximum Gasteiger partial charge on any atom is 0.297 e. The van der Waals surface area contributed by atoms with Crippen LogP contribution in [-0.2, 0) is 11.3 Å². The standard InChI is InChI=1S/C18H11F2N3O3/c19-10-5-6-13(12(20)7-10)22-15(24)8-23-9-21-16-11-3-1-2-4-14(11)26-17(16)18(23)25/h1-7,9H,8H2,(H,22,24). The van der Waals surface area contributed by atoms with Crippen LogP contribution in [0.3, 0.4) is 0 Å². The van der Waals surface area contributed by atoms with Crippen molar-refractivity contribution in [3.8, 4) is 0 Å². The molecule has 6 nitrogen and oxygen atoms in total. The third-order valence-electron chi connectivity index (χ3n) is 3.87. The number of carbonyl (C=O) groups excluding carboxylic acids is 1. The molecule has 130 valence electrons. The molecule has 0 saturated carbocycles. The molecule has 2 aromatic carbocycles. The monoisotopic (exact) mass is 355 g/mol. The molecular weight excluding hydrogens is 344 g/mol. The van der Waals surface area contributed by atoms with Gasteiger partial charge in [0.15, 0.2) is 0 Å². The Balaban J connectivity index is 1.64. The first-order chi connectivity index (χ1) is 12.5. The summed E-state index contributed by atoms with van der Waals surface area (Å²) < 4.78 is 33.1. The van der Waals surface area contributed by atoms with Crippen LogP contribution in [0.15, 0.2) is 58.0 Å². The summed E-state index contributed by atoms with van der Waals surface area (Å²) in [5.74, 6) is -2.32. The number of carbonyl (C=O) groups is 1. The van der Waals surface area contributed by atoms with Crippen LogP contribution in [-0.4, -0.2) is 15.5 Å². The molecule has 0 aliphatic carbocycles. The van der Waals surface area contributed by atoms with E-state index in [1.54, 1.807) is 24.3 Å². The quantitative estimate of drug-likeness (QED) is 0.613. The topological polar surface area (TPSA) is 77.1 Å². The Hall–Kier alpha value is -3.55. The van der Waals surface area contributed by atoms with Crippen LogP contribution in [0, 0.1) is 11.6 Å². The van der Waals surface area contributed by atoms with E-state index >= 15 is 0 Å². The summed E-state index contributed by atoms with van der Waals surface area (Å²) in [4.78, 5) is 28.8. The fourth-order valence-corrected chi connectivity index (χ4v) is 2.66. The van der Waals surface area contributed by atoms with Crippen LogP contribution in [0.1, 0.15) is 0 Å². The van der Waals surface area contributed by atoms with E-state index in [0.29, 0.717) is 22.6 Å². The second-order valence-electron chi connectivity index (χ2n) is 5.63. The van der Waals surface area contributed by atoms with Crippen molar-refractivity contribution in [2.24, 2.45) is 0 Å². The second-order valence-corrected chi connectivity index (χ2v) is 5.63. The number of para-hydroxylation sites is 1. The third-order valence-corrected chi connectivity index (χ3v) is 3.87. The van der Waals surface area contributed by atoms with Gasteiger partial charge >= 0.3 is 0 Å². The molecule has 2 aromatic heterocycles. The van der Waals surface area contributed by atoms with Gasteiger partial charge in [0.1, 0.15) is 29.3 Å². The Morgan fingerprint density at radius 1 is 1.19 bits per heavy atom. The van der Waals surface area contributed by atoms with E-state index in [0.717, 1.165) is 16.7 Å². The van der Waals surface area contributed by atoms with Crippen LogP contribution in [0.5, 0.6) is 0 Å². The number of rotatable bonds is 3. The third kappa shape index (κ3) is 2.71. The lowest BCUT2D eigenvalue weighted by atomic mass is 10.2. The average molecular weight is 355 g/mol. The molecule has 4 aromatic rings. The van der Waals surface area contributed by atoms with Crippen LogP contribution in [0.4, 0.5) is 14.5 Å². The Kier molecular flexibility index (Phi) is 3.72. The molecule has 0 radical (unpaired) electrons. The molecular formula is C18H11F2N3O3. The first-order valence-corrected chi connectivity index (χ1v) is 7.64. The van der Waals surface area contributed by atoms with Gasteiger partial charge in [-0.05, 0) is 24.3 Å². The van der Waals surface area contributed by atoms with E-state index in [4.69, 9.17) is 4.42 Å². The molecule has 1 N–H and O–H groups in total. The highest BCUT2D eigenvalue weighted by Gasteiger charge is 2.15. The molecule has 4 rings (SSSR count). The van der Waals surface area contributed by atoms with Crippen molar-refractivity contribution in [2.75, 3.05) is 5.32 Å². The van der Waals surface area contributed by atoms with Crippen molar-refractivity contribution in [3.63, 3.8) is 0 Å². The summed E-state index contributed by atoms with van der Waals surface area (Å²) in [7, 11) is 0. The van der Waals surface area contributed by atoms with Gasteiger partial charge in [0.25, 0.3) is 5.56 Å². The van der Waals surface area contributed by atoms with Gasteiger partial charge in [0, 0.05) is 11.5 Å². The van der Waals surface area contributed by atoms with E-state index in [-0.39, 0.29) is 11.3 Å². The lowest BCUT2D eigenvalue weighted by molar-refractivity contribution is -0.116. The zero-order chi connectivity index (χ0) is 18.3. The second kappa shape index (κ2) is 6.07. The molecule has 8 heteroatoms. The number of aromatic nitrogens is 2. The van der Waals surface area contributed by atoms with Gasteiger partial charge in [-0.3, -0.25) is 14.2 Å². The number of furan rings is 1. The number of nitrogens with one attached hydrogen (secondary N) is 1. The highest BCUT2D eigenvalue weighted by Crippen LogP contribution is 2.24. The fourth-order valence-electron chi connectivity index (χ4n) is 2.66. The first-order valence-electron chi connectivity index (χ1n) is 7.64. The zero-order valence-electron chi connectivity index (χ0n) is 13.2. The number of nitrogens with zero attached hydrogens (tertiary/aromatic N) is 2. The summed E-state index contributed by atoms with van der Waals surface area (Å²) in [5, 5.41) is 2.99. The molecule has 0 atom stereocenters. The van der Waals surface area contributed by atoms with E-state index in [1.807, 2.05) is 0 Å². The van der Waals surface area contributed by atoms with Gasteiger partial charge in [-0.2, -0.15) is 0 Å². The van der Waals surface area contributed by atoms with Crippen molar-refractivity contribution >= 4 is 33.7 Å². The fraction of sp³-hybridized carbons (Fsp3) is 0.0556. The van der Waals surface area contributed by atoms with Crippen molar-refractivity contribution < 1.29 is 18.0 Å². The molecule has 26 heavy (non-hydrogen) atoms. The summed E-state index contributed by atoms with van der Waals surface area (Å²) in [6.07, 6.45) is 1.23. The normalized spacial score (nSPS) is 11.2. The SMILES string of the molecule is O=C(Cn1cnc2c(oc3ccccc32)c1=O)Nc1ccc(F)cc1F. The Bertz CT molecular complexity index is 1210. The summed E-state index contributed by atoms with van der Waals surface area (Å²) in [6.45, 7) is -0.393. The molecule has 0 saturated heterocycles. The summed E-state index contributed by atoms with van der Waals surface area (Å²) in [5.41, 5.74) is 0.257. The molecule has 0 aliphatic heterocycles. The van der Waals surface area contributed by atoms with Gasteiger partial charge in [0.05, 0.1) is 12.0 Å². The molecule has 0 aliphatic rings. The molecule has 0 spiro atoms. The van der Waals surface area contributed by atoms with Crippen molar-refractivity contribution in [1.82, 2.24) is 9.55 Å². The highest BCUT2D eigenvalue weighted by atomic mass is 19.1. The van der Waals surface area contributed by atoms with Gasteiger partial charge in [0.2, 0.25) is 11.5 Å². The van der Waals surface area contributed by atoms with Crippen LogP contribution < -0.4 is 10.9 Å². The van der Waals surface area contributed by atoms with E-state index < -0.39 is 29.6 Å². The molecule has 1 amide bonds. The van der Waals surface area contributed by atoms with Gasteiger partial charge < -0.3 is 9.73 Å². The molecule has 0 unspecified atom stereocenters. The van der Waals surface area contributed by atoms with Gasteiger partial charge in [-0.1, -0.05) is 12.1 Å². The minimum absolute atomic E-state index is 0.0365. The number of anilines is 1. The van der Waals surface area contributed by atoms with Gasteiger partial charge in [-0.25, -0.2) is 13.8 Å². The maximum absolute atomic E-state index is 13.6. The van der Waals surface area contributed by atoms with Crippen molar-refractivity contribution in [1.29, 1.82) is 0 Å². The maximum atomic E-state index is 13.6. The molecule has 0 bridgehead atoms.